The molecule has 4 heterocycles. The number of nitrogen functional groups attached to an aromatic ring is 1. The molecule has 0 radical (unpaired) electrons. The van der Waals surface area contributed by atoms with Crippen LogP contribution in [0.4, 0.5) is 19.0 Å². The van der Waals surface area contributed by atoms with Crippen LogP contribution in [0, 0.1) is 0 Å². The Morgan fingerprint density at radius 1 is 1.08 bits per heavy atom. The van der Waals surface area contributed by atoms with Gasteiger partial charge in [0, 0.05) is 22.3 Å². The number of amides is 1. The summed E-state index contributed by atoms with van der Waals surface area (Å²) >= 11 is 1.30. The first-order valence-electron chi connectivity index (χ1n) is 10.7. The Bertz CT molecular complexity index is 1680. The minimum Gasteiger partial charge on any atom is -0.384 e. The number of nitrogens with two attached hydrogens (primary N) is 1. The monoisotopic (exact) mass is 509 g/mol. The fraction of sp³-hybridized carbons (Fsp3) is 0.120. The molecule has 182 valence electrons. The van der Waals surface area contributed by atoms with Crippen molar-refractivity contribution in [2.45, 2.75) is 19.1 Å². The third-order valence-electron chi connectivity index (χ3n) is 5.76. The number of benzene rings is 1. The minimum absolute atomic E-state index is 0.229. The van der Waals surface area contributed by atoms with Crippen molar-refractivity contribution in [1.29, 1.82) is 0 Å². The number of rotatable bonds is 4. The fourth-order valence-corrected chi connectivity index (χ4v) is 4.77. The molecule has 0 fully saturated rings. The molecular formula is C25H18F3N5O2S. The van der Waals surface area contributed by atoms with Gasteiger partial charge in [0.25, 0.3) is 11.5 Å². The van der Waals surface area contributed by atoms with Crippen LogP contribution in [0.3, 0.4) is 0 Å². The van der Waals surface area contributed by atoms with Gasteiger partial charge < -0.3 is 11.1 Å². The van der Waals surface area contributed by atoms with Crippen molar-refractivity contribution in [3.8, 4) is 5.69 Å². The number of thiophene rings is 1. The molecule has 0 unspecified atom stereocenters. The molecule has 0 bridgehead atoms. The van der Waals surface area contributed by atoms with Gasteiger partial charge in [0.1, 0.15) is 11.5 Å². The lowest BCUT2D eigenvalue weighted by Gasteiger charge is -2.15. The van der Waals surface area contributed by atoms with E-state index in [0.29, 0.717) is 27.7 Å². The number of alkyl halides is 3. The molecule has 1 aromatic carbocycles. The number of anilines is 1. The van der Waals surface area contributed by atoms with E-state index in [-0.39, 0.29) is 16.9 Å². The number of pyridine rings is 3. The minimum atomic E-state index is -4.50. The number of nitrogens with zero attached hydrogens (tertiary/aromatic N) is 3. The Balaban J connectivity index is 1.59. The van der Waals surface area contributed by atoms with E-state index in [2.05, 4.69) is 15.3 Å². The van der Waals surface area contributed by atoms with E-state index in [1.54, 1.807) is 41.9 Å². The molecule has 11 heteroatoms. The van der Waals surface area contributed by atoms with Gasteiger partial charge in [-0.15, -0.1) is 0 Å². The number of carbonyl (C=O) groups excluding carboxylic acids is 1. The fourth-order valence-electron chi connectivity index (χ4n) is 3.95. The van der Waals surface area contributed by atoms with Crippen LogP contribution in [-0.4, -0.2) is 20.4 Å². The van der Waals surface area contributed by atoms with Gasteiger partial charge in [-0.05, 0) is 54.8 Å². The van der Waals surface area contributed by atoms with Crippen molar-refractivity contribution in [3.63, 3.8) is 0 Å². The van der Waals surface area contributed by atoms with E-state index < -0.39 is 29.2 Å². The highest BCUT2D eigenvalue weighted by atomic mass is 32.1. The predicted octanol–water partition coefficient (Wildman–Crippen LogP) is 5.09. The van der Waals surface area contributed by atoms with Crippen molar-refractivity contribution < 1.29 is 18.0 Å². The maximum Gasteiger partial charge on any atom is 0.416 e. The van der Waals surface area contributed by atoms with E-state index in [1.807, 2.05) is 0 Å². The Morgan fingerprint density at radius 3 is 2.50 bits per heavy atom. The first-order valence-corrected chi connectivity index (χ1v) is 11.7. The summed E-state index contributed by atoms with van der Waals surface area (Å²) in [6.07, 6.45) is -3.17. The average molecular weight is 510 g/mol. The van der Waals surface area contributed by atoms with Crippen LogP contribution in [0.1, 0.15) is 34.6 Å². The summed E-state index contributed by atoms with van der Waals surface area (Å²) in [5, 5.41) is 7.80. The number of hydrogen-bond acceptors (Lipinski definition) is 6. The molecule has 3 N–H and O–H groups in total. The highest BCUT2D eigenvalue weighted by Crippen LogP contribution is 2.31. The topological polar surface area (TPSA) is 103 Å². The molecule has 0 saturated carbocycles. The van der Waals surface area contributed by atoms with Crippen molar-refractivity contribution >= 4 is 44.9 Å². The molecule has 4 aromatic heterocycles. The van der Waals surface area contributed by atoms with Gasteiger partial charge in [0.15, 0.2) is 0 Å². The maximum absolute atomic E-state index is 13.2. The molecule has 7 nitrogen and oxygen atoms in total. The van der Waals surface area contributed by atoms with Crippen molar-refractivity contribution in [2.75, 3.05) is 5.73 Å². The first kappa shape index (κ1) is 23.5. The summed E-state index contributed by atoms with van der Waals surface area (Å²) in [5.74, 6) is -0.0705. The molecule has 0 aliphatic heterocycles. The van der Waals surface area contributed by atoms with Crippen LogP contribution in [0.15, 0.2) is 70.3 Å². The molecule has 1 amide bonds. The Hall–Kier alpha value is -4.25. The van der Waals surface area contributed by atoms with Crippen molar-refractivity contribution in [1.82, 2.24) is 19.9 Å². The molecule has 0 saturated heterocycles. The molecule has 5 rings (SSSR count). The Labute approximate surface area is 206 Å². The van der Waals surface area contributed by atoms with Crippen molar-refractivity contribution in [2.24, 2.45) is 0 Å². The highest BCUT2D eigenvalue weighted by molar-refractivity contribution is 7.09. The molecule has 36 heavy (non-hydrogen) atoms. The number of aromatic nitrogens is 3. The molecular weight excluding hydrogens is 491 g/mol. The van der Waals surface area contributed by atoms with Crippen LogP contribution in [0.25, 0.3) is 27.5 Å². The van der Waals surface area contributed by atoms with Gasteiger partial charge in [-0.3, -0.25) is 14.2 Å². The van der Waals surface area contributed by atoms with E-state index in [1.165, 1.54) is 34.2 Å². The Kier molecular flexibility index (Phi) is 5.71. The van der Waals surface area contributed by atoms with Crippen LogP contribution in [-0.2, 0) is 6.18 Å². The lowest BCUT2D eigenvalue weighted by atomic mass is 10.1. The van der Waals surface area contributed by atoms with Crippen LogP contribution < -0.4 is 16.6 Å². The zero-order valence-electron chi connectivity index (χ0n) is 18.7. The number of carbonyl (C=O) groups is 1. The molecule has 0 aliphatic carbocycles. The number of halogens is 3. The van der Waals surface area contributed by atoms with Gasteiger partial charge in [0.2, 0.25) is 0 Å². The summed E-state index contributed by atoms with van der Waals surface area (Å²) in [6, 6.07) is 10.6. The second-order valence-corrected chi connectivity index (χ2v) is 8.91. The third-order valence-corrected chi connectivity index (χ3v) is 6.51. The lowest BCUT2D eigenvalue weighted by molar-refractivity contribution is -0.137. The first-order chi connectivity index (χ1) is 17.1. The zero-order chi connectivity index (χ0) is 25.6. The second-order valence-electron chi connectivity index (χ2n) is 8.16. The lowest BCUT2D eigenvalue weighted by Crippen LogP contribution is -2.27. The van der Waals surface area contributed by atoms with Crippen LogP contribution >= 0.6 is 11.3 Å². The molecule has 1 atom stereocenters. The highest BCUT2D eigenvalue weighted by Gasteiger charge is 2.30. The quantitative estimate of drug-likeness (QED) is 0.351. The van der Waals surface area contributed by atoms with Crippen molar-refractivity contribution in [3.05, 3.63) is 92.7 Å². The van der Waals surface area contributed by atoms with E-state index in [4.69, 9.17) is 5.73 Å². The summed E-state index contributed by atoms with van der Waals surface area (Å²) < 4.78 is 40.4. The SMILES string of the molecule is C[C@H](NC(=O)c1cnc2c(c1)c1cscc1c(=O)n2-c1ccc(C(F)(F)F)cc1)c1cccc(N)n1. The Morgan fingerprint density at radius 2 is 1.81 bits per heavy atom. The van der Waals surface area contributed by atoms with Gasteiger partial charge >= 0.3 is 6.18 Å². The summed E-state index contributed by atoms with van der Waals surface area (Å²) in [4.78, 5) is 34.9. The van der Waals surface area contributed by atoms with E-state index in [0.717, 1.165) is 12.1 Å². The smallest absolute Gasteiger partial charge is 0.384 e. The molecule has 0 spiro atoms. The third kappa shape index (κ3) is 4.17. The number of hydrogen-bond donors (Lipinski definition) is 2. The van der Waals surface area contributed by atoms with E-state index in [9.17, 15) is 22.8 Å². The summed E-state index contributed by atoms with van der Waals surface area (Å²) in [7, 11) is 0. The molecule has 0 aliphatic rings. The standard InChI is InChI=1S/C25H18F3N5O2S/c1-13(20-3-2-4-21(29)32-20)31-23(34)14-9-17-18-11-36-12-19(18)24(35)33(22(17)30-10-14)16-7-5-15(6-8-16)25(26,27)28/h2-13H,1H3,(H2,29,32)(H,31,34)/t13-/m0/s1. The largest absolute Gasteiger partial charge is 0.416 e. The van der Waals surface area contributed by atoms with Gasteiger partial charge in [-0.25, -0.2) is 9.97 Å². The van der Waals surface area contributed by atoms with Gasteiger partial charge in [-0.2, -0.15) is 24.5 Å². The second kappa shape index (κ2) is 8.76. The predicted molar refractivity (Wildman–Crippen MR) is 132 cm³/mol. The van der Waals surface area contributed by atoms with Gasteiger partial charge in [-0.1, -0.05) is 6.07 Å². The summed E-state index contributed by atoms with van der Waals surface area (Å²) in [5.41, 5.74) is 5.80. The van der Waals surface area contributed by atoms with Crippen LogP contribution in [0.5, 0.6) is 0 Å². The average Bonchev–Trinajstić information content (AvgIpc) is 3.34. The van der Waals surface area contributed by atoms with E-state index >= 15 is 0 Å². The maximum atomic E-state index is 13.2. The number of nitrogens with one attached hydrogen (secondary N) is 1. The van der Waals surface area contributed by atoms with Crippen LogP contribution in [0.2, 0.25) is 0 Å². The normalized spacial score (nSPS) is 12.7. The zero-order valence-corrected chi connectivity index (χ0v) is 19.5. The number of fused-ring (bicyclic) bond motifs is 3. The summed E-state index contributed by atoms with van der Waals surface area (Å²) in [6.45, 7) is 1.77. The van der Waals surface area contributed by atoms with Gasteiger partial charge in [0.05, 0.1) is 33.9 Å². The molecule has 5 aromatic rings.